The van der Waals surface area contributed by atoms with Crippen LogP contribution in [0.2, 0.25) is 0 Å². The number of anilines is 3. The first-order valence-electron chi connectivity index (χ1n) is 12.8. The van der Waals surface area contributed by atoms with E-state index in [9.17, 15) is 18.8 Å². The molecule has 0 saturated carbocycles. The second kappa shape index (κ2) is 9.58. The van der Waals surface area contributed by atoms with E-state index in [0.29, 0.717) is 45.6 Å². The normalized spacial score (nSPS) is 14.0. The van der Waals surface area contributed by atoms with Crippen LogP contribution in [-0.4, -0.2) is 54.6 Å². The van der Waals surface area contributed by atoms with Crippen LogP contribution < -0.4 is 15.0 Å². The summed E-state index contributed by atoms with van der Waals surface area (Å²) < 4.78 is 36.4. The summed E-state index contributed by atoms with van der Waals surface area (Å²) in [5.41, 5.74) is 1.97. The molecule has 0 spiro atoms. The number of imidazole rings is 1. The Labute approximate surface area is 238 Å². The van der Waals surface area contributed by atoms with Crippen molar-refractivity contribution < 1.29 is 18.3 Å². The molecule has 1 N–H and O–H groups in total. The van der Waals surface area contributed by atoms with Gasteiger partial charge in [0, 0.05) is 24.4 Å². The third kappa shape index (κ3) is 4.09. The highest BCUT2D eigenvalue weighted by molar-refractivity contribution is 6.06. The van der Waals surface area contributed by atoms with Crippen LogP contribution in [0.4, 0.5) is 26.1 Å². The fraction of sp³-hybridized carbons (Fsp3) is 0.250. The van der Waals surface area contributed by atoms with E-state index in [1.807, 2.05) is 19.9 Å². The molecule has 0 bridgehead atoms. The second-order valence-corrected chi connectivity index (χ2v) is 10.3. The Morgan fingerprint density at radius 3 is 2.60 bits per heavy atom. The molecule has 0 radical (unpaired) electrons. The number of carbonyl (C=O) groups excluding carboxylic acids is 1. The number of likely N-dealkylation sites (N-methyl/N-ethyl adjacent to an activating group) is 1. The van der Waals surface area contributed by atoms with Crippen molar-refractivity contribution in [3.63, 3.8) is 0 Å². The number of methoxy groups -OCH3 is 1. The summed E-state index contributed by atoms with van der Waals surface area (Å²) in [5.74, 6) is 1.53. The van der Waals surface area contributed by atoms with Crippen LogP contribution in [0.15, 0.2) is 42.7 Å². The lowest BCUT2D eigenvalue weighted by Crippen LogP contribution is -2.33. The van der Waals surface area contributed by atoms with Gasteiger partial charge in [-0.3, -0.25) is 14.3 Å². The maximum atomic E-state index is 13.9. The summed E-state index contributed by atoms with van der Waals surface area (Å²) in [4.78, 5) is 23.1. The first-order chi connectivity index (χ1) is 20.0. The standard InChI is InChI=1S/C28H24F2N10O2/c1-14-8-15(12-31)37-40(14)25-16(24(29)30)6-7-23(34-25)39-13-32-18-10-19(21(42-5)11-20(18)39)33-22-9-17-26(36-35-22)38(4)27(41)28(17,2)3/h6-11,13,24H,1-5H3,(H,33,35). The molecule has 0 atom stereocenters. The van der Waals surface area contributed by atoms with Gasteiger partial charge in [-0.15, -0.1) is 10.2 Å². The van der Waals surface area contributed by atoms with Gasteiger partial charge in [-0.1, -0.05) is 0 Å². The molecule has 12 nitrogen and oxygen atoms in total. The number of ether oxygens (including phenoxy) is 1. The van der Waals surface area contributed by atoms with Gasteiger partial charge in [0.05, 0.1) is 34.8 Å². The van der Waals surface area contributed by atoms with Crippen molar-refractivity contribution in [2.75, 3.05) is 24.4 Å². The number of benzene rings is 1. The molecule has 0 unspecified atom stereocenters. The summed E-state index contributed by atoms with van der Waals surface area (Å²) in [6.07, 6.45) is -1.28. The number of alkyl halides is 2. The molecule has 1 aromatic carbocycles. The number of aromatic nitrogens is 7. The number of hydrogen-bond acceptors (Lipinski definition) is 9. The van der Waals surface area contributed by atoms with Crippen LogP contribution in [0.5, 0.6) is 5.75 Å². The smallest absolute Gasteiger partial charge is 0.267 e. The van der Waals surface area contributed by atoms with E-state index in [-0.39, 0.29) is 23.0 Å². The number of rotatable bonds is 6. The van der Waals surface area contributed by atoms with Crippen LogP contribution in [-0.2, 0) is 10.2 Å². The van der Waals surface area contributed by atoms with Crippen molar-refractivity contribution in [1.29, 1.82) is 5.26 Å². The van der Waals surface area contributed by atoms with E-state index in [1.54, 1.807) is 36.7 Å². The molecule has 0 fully saturated rings. The van der Waals surface area contributed by atoms with E-state index >= 15 is 0 Å². The number of pyridine rings is 1. The highest BCUT2D eigenvalue weighted by Gasteiger charge is 2.44. The van der Waals surface area contributed by atoms with Crippen molar-refractivity contribution in [1.82, 2.24) is 34.5 Å². The average Bonchev–Trinajstić information content (AvgIpc) is 3.61. The minimum Gasteiger partial charge on any atom is -0.494 e. The minimum atomic E-state index is -2.81. The molecule has 212 valence electrons. The monoisotopic (exact) mass is 570 g/mol. The van der Waals surface area contributed by atoms with E-state index in [2.05, 4.69) is 30.6 Å². The largest absolute Gasteiger partial charge is 0.494 e. The van der Waals surface area contributed by atoms with E-state index in [1.165, 1.54) is 41.2 Å². The third-order valence-electron chi connectivity index (χ3n) is 7.31. The summed E-state index contributed by atoms with van der Waals surface area (Å²) in [6.45, 7) is 5.34. The predicted octanol–water partition coefficient (Wildman–Crippen LogP) is 4.52. The molecule has 0 aliphatic carbocycles. The highest BCUT2D eigenvalue weighted by Crippen LogP contribution is 2.41. The van der Waals surface area contributed by atoms with E-state index < -0.39 is 11.8 Å². The van der Waals surface area contributed by atoms with E-state index in [4.69, 9.17) is 4.74 Å². The average molecular weight is 571 g/mol. The Balaban J connectivity index is 1.40. The zero-order valence-corrected chi connectivity index (χ0v) is 23.2. The molecule has 4 aromatic heterocycles. The highest BCUT2D eigenvalue weighted by atomic mass is 19.3. The first-order valence-corrected chi connectivity index (χ1v) is 12.8. The molecule has 5 heterocycles. The van der Waals surface area contributed by atoms with Crippen LogP contribution in [0, 0.1) is 18.3 Å². The molecular weight excluding hydrogens is 546 g/mol. The van der Waals surface area contributed by atoms with Gasteiger partial charge in [0.25, 0.3) is 6.43 Å². The third-order valence-corrected chi connectivity index (χ3v) is 7.31. The topological polar surface area (TPSA) is 140 Å². The van der Waals surface area contributed by atoms with Gasteiger partial charge in [0.1, 0.15) is 24.0 Å². The Bertz CT molecular complexity index is 1940. The summed E-state index contributed by atoms with van der Waals surface area (Å²) in [5, 5.41) is 25.1. The first kappa shape index (κ1) is 26.8. The number of nitrogens with zero attached hydrogens (tertiary/aromatic N) is 9. The van der Waals surface area contributed by atoms with Gasteiger partial charge in [-0.2, -0.15) is 10.4 Å². The zero-order chi connectivity index (χ0) is 29.9. The number of nitriles is 1. The minimum absolute atomic E-state index is 0.0694. The number of aryl methyl sites for hydroxylation is 1. The number of halogens is 2. The van der Waals surface area contributed by atoms with Crippen LogP contribution >= 0.6 is 0 Å². The van der Waals surface area contributed by atoms with Crippen molar-refractivity contribution in [3.8, 4) is 23.5 Å². The molecule has 14 heteroatoms. The maximum absolute atomic E-state index is 13.9. The number of hydrogen-bond donors (Lipinski definition) is 1. The summed E-state index contributed by atoms with van der Waals surface area (Å²) in [6, 6.07) is 11.5. The lowest BCUT2D eigenvalue weighted by atomic mass is 9.87. The summed E-state index contributed by atoms with van der Waals surface area (Å²) in [7, 11) is 3.18. The van der Waals surface area contributed by atoms with Gasteiger partial charge in [0.15, 0.2) is 23.1 Å². The molecular formula is C28H24F2N10O2. The number of carbonyl (C=O) groups is 1. The van der Waals surface area contributed by atoms with E-state index in [0.717, 1.165) is 5.56 Å². The molecule has 6 rings (SSSR count). The fourth-order valence-corrected chi connectivity index (χ4v) is 5.07. The molecule has 42 heavy (non-hydrogen) atoms. The Morgan fingerprint density at radius 2 is 1.90 bits per heavy atom. The second-order valence-electron chi connectivity index (χ2n) is 10.3. The van der Waals surface area contributed by atoms with Gasteiger partial charge in [-0.25, -0.2) is 23.4 Å². The van der Waals surface area contributed by atoms with Gasteiger partial charge >= 0.3 is 0 Å². The summed E-state index contributed by atoms with van der Waals surface area (Å²) >= 11 is 0. The van der Waals surface area contributed by atoms with Gasteiger partial charge in [-0.05, 0) is 51.1 Å². The fourth-order valence-electron chi connectivity index (χ4n) is 5.07. The Kier molecular flexibility index (Phi) is 6.10. The zero-order valence-electron chi connectivity index (χ0n) is 23.2. The van der Waals surface area contributed by atoms with Crippen LogP contribution in [0.3, 0.4) is 0 Å². The van der Waals surface area contributed by atoms with Crippen molar-refractivity contribution in [2.24, 2.45) is 0 Å². The quantitative estimate of drug-likeness (QED) is 0.312. The van der Waals surface area contributed by atoms with Crippen molar-refractivity contribution in [2.45, 2.75) is 32.6 Å². The predicted molar refractivity (Wildman–Crippen MR) is 149 cm³/mol. The van der Waals surface area contributed by atoms with Crippen molar-refractivity contribution >= 4 is 34.3 Å². The molecule has 1 amide bonds. The number of amides is 1. The lowest BCUT2D eigenvalue weighted by molar-refractivity contribution is -0.121. The Morgan fingerprint density at radius 1 is 1.12 bits per heavy atom. The Hall–Kier alpha value is -5.45. The molecule has 5 aromatic rings. The van der Waals surface area contributed by atoms with Gasteiger partial charge in [0.2, 0.25) is 5.91 Å². The number of fused-ring (bicyclic) bond motifs is 2. The van der Waals surface area contributed by atoms with Crippen molar-refractivity contribution in [3.05, 3.63) is 65.2 Å². The molecule has 0 saturated heterocycles. The number of nitrogens with one attached hydrogen (secondary N) is 1. The maximum Gasteiger partial charge on any atom is 0.267 e. The van der Waals surface area contributed by atoms with Crippen LogP contribution in [0.1, 0.15) is 42.8 Å². The SMILES string of the molecule is COc1cc2c(cc1Nc1cc3c(nn1)N(C)C(=O)C3(C)C)ncn2-c1ccc(C(F)F)c(-n2nc(C#N)cc2C)n1. The molecule has 1 aliphatic heterocycles. The lowest BCUT2D eigenvalue weighted by Gasteiger charge is -2.16. The van der Waals surface area contributed by atoms with Crippen LogP contribution in [0.25, 0.3) is 22.7 Å². The van der Waals surface area contributed by atoms with Gasteiger partial charge < -0.3 is 10.1 Å². The molecule has 1 aliphatic rings.